The van der Waals surface area contributed by atoms with Gasteiger partial charge in [-0.05, 0) is 30.3 Å². The Morgan fingerprint density at radius 1 is 1.21 bits per heavy atom. The summed E-state index contributed by atoms with van der Waals surface area (Å²) in [4.78, 5) is 0. The molecule has 3 nitrogen and oxygen atoms in total. The lowest BCUT2D eigenvalue weighted by molar-refractivity contribution is 0.299. The fourth-order valence-electron chi connectivity index (χ4n) is 1.58. The van der Waals surface area contributed by atoms with E-state index in [2.05, 4.69) is 15.9 Å². The molecule has 2 aromatic carbocycles. The van der Waals surface area contributed by atoms with Crippen LogP contribution in [0.2, 0.25) is 0 Å². The molecule has 0 radical (unpaired) electrons. The largest absolute Gasteiger partial charge is 0.497 e. The summed E-state index contributed by atoms with van der Waals surface area (Å²) in [7, 11) is 1.56. The summed E-state index contributed by atoms with van der Waals surface area (Å²) in [5, 5.41) is 0. The first-order valence-electron chi connectivity index (χ1n) is 5.60. The molecule has 0 unspecified atom stereocenters. The second-order valence-electron chi connectivity index (χ2n) is 3.93. The molecule has 0 aliphatic rings. The van der Waals surface area contributed by atoms with Gasteiger partial charge in [-0.3, -0.25) is 0 Å². The van der Waals surface area contributed by atoms with Crippen LogP contribution in [0.4, 0.5) is 10.1 Å². The average molecular weight is 326 g/mol. The first-order valence-corrected chi connectivity index (χ1v) is 6.39. The molecule has 0 aliphatic heterocycles. The van der Waals surface area contributed by atoms with Crippen molar-refractivity contribution in [2.45, 2.75) is 6.61 Å². The Balaban J connectivity index is 2.16. The van der Waals surface area contributed by atoms with Gasteiger partial charge in [-0.15, -0.1) is 0 Å². The molecule has 0 bridgehead atoms. The third-order valence-electron chi connectivity index (χ3n) is 2.61. The average Bonchev–Trinajstić information content (AvgIpc) is 2.41. The summed E-state index contributed by atoms with van der Waals surface area (Å²) < 4.78 is 25.0. The summed E-state index contributed by atoms with van der Waals surface area (Å²) >= 11 is 3.29. The molecular formula is C14H13BrFNO2. The van der Waals surface area contributed by atoms with Gasteiger partial charge in [0.15, 0.2) is 0 Å². The van der Waals surface area contributed by atoms with Crippen LogP contribution in [0.25, 0.3) is 0 Å². The number of hydrogen-bond donors (Lipinski definition) is 1. The summed E-state index contributed by atoms with van der Waals surface area (Å²) in [5.74, 6) is 0.794. The van der Waals surface area contributed by atoms with E-state index in [0.717, 1.165) is 4.47 Å². The lowest BCUT2D eigenvalue weighted by Crippen LogP contribution is -2.01. The van der Waals surface area contributed by atoms with Crippen LogP contribution in [0.3, 0.4) is 0 Å². The van der Waals surface area contributed by atoms with Crippen molar-refractivity contribution >= 4 is 21.6 Å². The highest BCUT2D eigenvalue weighted by Crippen LogP contribution is 2.28. The number of hydrogen-bond acceptors (Lipinski definition) is 3. The lowest BCUT2D eigenvalue weighted by atomic mass is 10.2. The van der Waals surface area contributed by atoms with E-state index in [0.29, 0.717) is 22.7 Å². The van der Waals surface area contributed by atoms with Gasteiger partial charge in [0.05, 0.1) is 12.8 Å². The minimum absolute atomic E-state index is 0.0998. The predicted octanol–water partition coefficient (Wildman–Crippen LogP) is 3.76. The van der Waals surface area contributed by atoms with Crippen molar-refractivity contribution in [3.8, 4) is 11.5 Å². The van der Waals surface area contributed by atoms with E-state index in [9.17, 15) is 4.39 Å². The number of nitrogens with two attached hydrogens (primary N) is 1. The summed E-state index contributed by atoms with van der Waals surface area (Å²) in [6.07, 6.45) is 0. The quantitative estimate of drug-likeness (QED) is 0.870. The highest BCUT2D eigenvalue weighted by Gasteiger charge is 2.07. The van der Waals surface area contributed by atoms with Crippen LogP contribution in [0.1, 0.15) is 5.56 Å². The Labute approximate surface area is 119 Å². The van der Waals surface area contributed by atoms with Gasteiger partial charge < -0.3 is 15.2 Å². The molecule has 2 aromatic rings. The summed E-state index contributed by atoms with van der Waals surface area (Å²) in [6, 6.07) is 9.79. The van der Waals surface area contributed by atoms with Crippen molar-refractivity contribution in [1.82, 2.24) is 0 Å². The lowest BCUT2D eigenvalue weighted by Gasteiger charge is -2.11. The molecule has 0 aliphatic carbocycles. The van der Waals surface area contributed by atoms with Crippen LogP contribution >= 0.6 is 15.9 Å². The van der Waals surface area contributed by atoms with E-state index in [-0.39, 0.29) is 12.4 Å². The van der Waals surface area contributed by atoms with Gasteiger partial charge in [0.25, 0.3) is 0 Å². The Morgan fingerprint density at radius 2 is 2.00 bits per heavy atom. The number of methoxy groups -OCH3 is 1. The van der Waals surface area contributed by atoms with Crippen molar-refractivity contribution in [3.05, 3.63) is 52.3 Å². The monoisotopic (exact) mass is 325 g/mol. The molecule has 0 amide bonds. The van der Waals surface area contributed by atoms with E-state index >= 15 is 0 Å². The van der Waals surface area contributed by atoms with Gasteiger partial charge in [0.2, 0.25) is 0 Å². The van der Waals surface area contributed by atoms with E-state index < -0.39 is 0 Å². The van der Waals surface area contributed by atoms with Crippen molar-refractivity contribution in [3.63, 3.8) is 0 Å². The molecule has 0 spiro atoms. The fourth-order valence-corrected chi connectivity index (χ4v) is 1.98. The molecule has 0 fully saturated rings. The number of nitrogen functional groups attached to an aromatic ring is 1. The Bertz CT molecular complexity index is 590. The number of rotatable bonds is 4. The van der Waals surface area contributed by atoms with E-state index in [1.807, 2.05) is 0 Å². The van der Waals surface area contributed by atoms with Crippen LogP contribution in [0.15, 0.2) is 40.9 Å². The van der Waals surface area contributed by atoms with Crippen LogP contribution < -0.4 is 15.2 Å². The topological polar surface area (TPSA) is 44.5 Å². The number of benzene rings is 2. The smallest absolute Gasteiger partial charge is 0.146 e. The second kappa shape index (κ2) is 5.93. The number of ether oxygens (including phenoxy) is 2. The van der Waals surface area contributed by atoms with Gasteiger partial charge in [-0.25, -0.2) is 4.39 Å². The zero-order chi connectivity index (χ0) is 13.8. The van der Waals surface area contributed by atoms with E-state index in [1.165, 1.54) is 6.07 Å². The van der Waals surface area contributed by atoms with Crippen LogP contribution in [-0.4, -0.2) is 7.11 Å². The first kappa shape index (κ1) is 13.7. The van der Waals surface area contributed by atoms with Crippen molar-refractivity contribution in [2.75, 3.05) is 12.8 Å². The fraction of sp³-hybridized carbons (Fsp3) is 0.143. The van der Waals surface area contributed by atoms with Crippen LogP contribution in [-0.2, 0) is 6.61 Å². The van der Waals surface area contributed by atoms with Gasteiger partial charge in [-0.2, -0.15) is 0 Å². The minimum atomic E-state index is -0.315. The zero-order valence-electron chi connectivity index (χ0n) is 10.3. The van der Waals surface area contributed by atoms with E-state index in [4.69, 9.17) is 15.2 Å². The highest BCUT2D eigenvalue weighted by molar-refractivity contribution is 9.10. The highest BCUT2D eigenvalue weighted by atomic mass is 79.9. The van der Waals surface area contributed by atoms with Crippen molar-refractivity contribution < 1.29 is 13.9 Å². The predicted molar refractivity (Wildman–Crippen MR) is 75.8 cm³/mol. The van der Waals surface area contributed by atoms with Gasteiger partial charge in [0, 0.05) is 16.1 Å². The standard InChI is InChI=1S/C14H13BrFNO2/c1-18-11-3-5-13(17)14(7-11)19-8-9-6-10(15)2-4-12(9)16/h2-7H,8,17H2,1H3. The molecule has 100 valence electrons. The van der Waals surface area contributed by atoms with Gasteiger partial charge in [0.1, 0.15) is 23.9 Å². The minimum Gasteiger partial charge on any atom is -0.497 e. The van der Waals surface area contributed by atoms with Crippen molar-refractivity contribution in [2.24, 2.45) is 0 Å². The maximum Gasteiger partial charge on any atom is 0.146 e. The normalized spacial score (nSPS) is 10.3. The molecular weight excluding hydrogens is 313 g/mol. The van der Waals surface area contributed by atoms with Gasteiger partial charge >= 0.3 is 0 Å². The Kier molecular flexibility index (Phi) is 4.27. The maximum absolute atomic E-state index is 13.6. The van der Waals surface area contributed by atoms with Gasteiger partial charge in [-0.1, -0.05) is 15.9 Å². The number of anilines is 1. The van der Waals surface area contributed by atoms with E-state index in [1.54, 1.807) is 37.4 Å². The molecule has 0 heterocycles. The number of halogens is 2. The SMILES string of the molecule is COc1ccc(N)c(OCc2cc(Br)ccc2F)c1. The Morgan fingerprint density at radius 3 is 2.74 bits per heavy atom. The second-order valence-corrected chi connectivity index (χ2v) is 4.84. The summed E-state index contributed by atoms with van der Waals surface area (Å²) in [5.41, 5.74) is 6.73. The molecule has 0 aromatic heterocycles. The maximum atomic E-state index is 13.6. The molecule has 0 saturated heterocycles. The molecule has 0 atom stereocenters. The van der Waals surface area contributed by atoms with Crippen LogP contribution in [0, 0.1) is 5.82 Å². The van der Waals surface area contributed by atoms with Crippen LogP contribution in [0.5, 0.6) is 11.5 Å². The molecule has 2 rings (SSSR count). The Hall–Kier alpha value is -1.75. The molecule has 0 saturated carbocycles. The van der Waals surface area contributed by atoms with Crippen molar-refractivity contribution in [1.29, 1.82) is 0 Å². The third-order valence-corrected chi connectivity index (χ3v) is 3.10. The summed E-state index contributed by atoms with van der Waals surface area (Å²) in [6.45, 7) is 0.0998. The first-order chi connectivity index (χ1) is 9.10. The molecule has 2 N–H and O–H groups in total. The molecule has 5 heteroatoms. The third kappa shape index (κ3) is 3.38. The zero-order valence-corrected chi connectivity index (χ0v) is 11.9. The molecule has 19 heavy (non-hydrogen) atoms.